The maximum absolute atomic E-state index is 12.8. The molecule has 4 rings (SSSR count). The van der Waals surface area contributed by atoms with Crippen molar-refractivity contribution in [2.24, 2.45) is 0 Å². The van der Waals surface area contributed by atoms with Gasteiger partial charge in [0, 0.05) is 11.1 Å². The molecule has 36 heavy (non-hydrogen) atoms. The van der Waals surface area contributed by atoms with Crippen LogP contribution in [0.25, 0.3) is 16.8 Å². The highest BCUT2D eigenvalue weighted by Gasteiger charge is 2.19. The van der Waals surface area contributed by atoms with E-state index < -0.39 is 16.0 Å². The topological polar surface area (TPSA) is 105 Å². The highest BCUT2D eigenvalue weighted by molar-refractivity contribution is 9.10. The summed E-state index contributed by atoms with van der Waals surface area (Å²) in [4.78, 5) is 12.8. The summed E-state index contributed by atoms with van der Waals surface area (Å²) in [6, 6.07) is 25.4. The van der Waals surface area contributed by atoms with E-state index in [1.807, 2.05) is 42.5 Å². The first-order chi connectivity index (χ1) is 17.3. The van der Waals surface area contributed by atoms with Crippen molar-refractivity contribution in [3.63, 3.8) is 0 Å². The number of carbonyl (C=O) groups is 1. The molecule has 0 heterocycles. The van der Waals surface area contributed by atoms with Crippen LogP contribution in [-0.2, 0) is 14.9 Å². The second-order valence-electron chi connectivity index (χ2n) is 7.55. The lowest BCUT2D eigenvalue weighted by Crippen LogP contribution is -2.13. The fourth-order valence-electron chi connectivity index (χ4n) is 3.42. The van der Waals surface area contributed by atoms with Crippen LogP contribution in [0.2, 0.25) is 0 Å². The number of rotatable bonds is 7. The van der Waals surface area contributed by atoms with E-state index in [4.69, 9.17) is 8.92 Å². The molecule has 0 aromatic heterocycles. The molecule has 0 aliphatic rings. The minimum Gasteiger partial charge on any atom is -0.497 e. The van der Waals surface area contributed by atoms with Crippen LogP contribution in [0.3, 0.4) is 0 Å². The monoisotopic (exact) mass is 562 g/mol. The molecule has 4 aromatic carbocycles. The van der Waals surface area contributed by atoms with Crippen molar-refractivity contribution in [3.05, 3.63) is 101 Å². The van der Waals surface area contributed by atoms with E-state index in [2.05, 4.69) is 21.2 Å². The van der Waals surface area contributed by atoms with Gasteiger partial charge < -0.3 is 14.2 Å². The van der Waals surface area contributed by atoms with E-state index in [0.29, 0.717) is 21.5 Å². The SMILES string of the molecule is COc1ccc(S(=O)(=O)Oc2ccc(/C=C(\C#N)C(=O)Nc3cccc4ccccc34)cc2Br)cc1. The quantitative estimate of drug-likeness (QED) is 0.170. The van der Waals surface area contributed by atoms with E-state index >= 15 is 0 Å². The van der Waals surface area contributed by atoms with Crippen LogP contribution in [0.15, 0.2) is 99.9 Å². The summed E-state index contributed by atoms with van der Waals surface area (Å²) in [5, 5.41) is 14.2. The number of halogens is 1. The molecule has 0 fully saturated rings. The van der Waals surface area contributed by atoms with Gasteiger partial charge in [-0.2, -0.15) is 13.7 Å². The predicted octanol–water partition coefficient (Wildman–Crippen LogP) is 5.92. The molecule has 0 spiro atoms. The van der Waals surface area contributed by atoms with Gasteiger partial charge in [0.25, 0.3) is 5.91 Å². The zero-order chi connectivity index (χ0) is 25.7. The first-order valence-electron chi connectivity index (χ1n) is 10.6. The number of nitrogens with one attached hydrogen (secondary N) is 1. The number of benzene rings is 4. The fraction of sp³-hybridized carbons (Fsp3) is 0.0370. The number of carbonyl (C=O) groups excluding carboxylic acids is 1. The maximum Gasteiger partial charge on any atom is 0.339 e. The number of nitrogens with zero attached hydrogens (tertiary/aromatic N) is 1. The molecule has 0 radical (unpaired) electrons. The molecule has 1 amide bonds. The van der Waals surface area contributed by atoms with Gasteiger partial charge in [-0.25, -0.2) is 0 Å². The van der Waals surface area contributed by atoms with E-state index in [1.54, 1.807) is 18.2 Å². The number of anilines is 1. The van der Waals surface area contributed by atoms with Gasteiger partial charge in [0.2, 0.25) is 0 Å². The highest BCUT2D eigenvalue weighted by atomic mass is 79.9. The number of fused-ring (bicyclic) bond motifs is 1. The van der Waals surface area contributed by atoms with Gasteiger partial charge in [-0.15, -0.1) is 0 Å². The van der Waals surface area contributed by atoms with Crippen molar-refractivity contribution >= 4 is 54.5 Å². The number of hydrogen-bond acceptors (Lipinski definition) is 6. The summed E-state index contributed by atoms with van der Waals surface area (Å²) in [5.41, 5.74) is 0.975. The largest absolute Gasteiger partial charge is 0.497 e. The minimum atomic E-state index is -4.08. The third kappa shape index (κ3) is 5.57. The van der Waals surface area contributed by atoms with Crippen LogP contribution < -0.4 is 14.2 Å². The average Bonchev–Trinajstić information content (AvgIpc) is 2.89. The number of ether oxygens (including phenoxy) is 1. The molecule has 0 bridgehead atoms. The summed E-state index contributed by atoms with van der Waals surface area (Å²) in [6.45, 7) is 0. The van der Waals surface area contributed by atoms with Crippen LogP contribution in [-0.4, -0.2) is 21.4 Å². The Balaban J connectivity index is 1.54. The Kier molecular flexibility index (Phi) is 7.38. The van der Waals surface area contributed by atoms with Crippen molar-refractivity contribution < 1.29 is 22.1 Å². The normalized spacial score (nSPS) is 11.5. The molecule has 0 unspecified atom stereocenters. The average molecular weight is 563 g/mol. The third-order valence-corrected chi connectivity index (χ3v) is 7.09. The summed E-state index contributed by atoms with van der Waals surface area (Å²) in [6.07, 6.45) is 1.41. The smallest absolute Gasteiger partial charge is 0.339 e. The van der Waals surface area contributed by atoms with E-state index in [9.17, 15) is 18.5 Å². The number of hydrogen-bond donors (Lipinski definition) is 1. The molecule has 1 N–H and O–H groups in total. The Labute approximate surface area is 216 Å². The number of methoxy groups -OCH3 is 1. The Morgan fingerprint density at radius 1 is 1.00 bits per heavy atom. The van der Waals surface area contributed by atoms with Crippen molar-refractivity contribution in [2.45, 2.75) is 4.90 Å². The Morgan fingerprint density at radius 2 is 1.72 bits per heavy atom. The molecule has 0 saturated carbocycles. The first kappa shape index (κ1) is 25.0. The zero-order valence-corrected chi connectivity index (χ0v) is 21.3. The van der Waals surface area contributed by atoms with Crippen molar-refractivity contribution in [3.8, 4) is 17.6 Å². The lowest BCUT2D eigenvalue weighted by atomic mass is 10.1. The highest BCUT2D eigenvalue weighted by Crippen LogP contribution is 2.30. The Morgan fingerprint density at radius 3 is 2.42 bits per heavy atom. The van der Waals surface area contributed by atoms with Gasteiger partial charge >= 0.3 is 10.1 Å². The maximum atomic E-state index is 12.8. The lowest BCUT2D eigenvalue weighted by molar-refractivity contribution is -0.112. The van der Waals surface area contributed by atoms with Gasteiger partial charge in [-0.3, -0.25) is 4.79 Å². The second-order valence-corrected chi connectivity index (χ2v) is 9.95. The van der Waals surface area contributed by atoms with Crippen LogP contribution in [0.5, 0.6) is 11.5 Å². The Hall–Kier alpha value is -4.13. The van der Waals surface area contributed by atoms with Crippen LogP contribution in [0, 0.1) is 11.3 Å². The van der Waals surface area contributed by atoms with E-state index in [0.717, 1.165) is 10.8 Å². The van der Waals surface area contributed by atoms with Crippen molar-refractivity contribution in [1.29, 1.82) is 5.26 Å². The van der Waals surface area contributed by atoms with E-state index in [-0.39, 0.29) is 16.2 Å². The molecule has 4 aromatic rings. The molecule has 0 aliphatic carbocycles. The lowest BCUT2D eigenvalue weighted by Gasteiger charge is -2.10. The molecular weight excluding hydrogens is 544 g/mol. The van der Waals surface area contributed by atoms with Crippen molar-refractivity contribution in [2.75, 3.05) is 12.4 Å². The summed E-state index contributed by atoms with van der Waals surface area (Å²) >= 11 is 3.30. The molecule has 7 nitrogen and oxygen atoms in total. The molecule has 0 saturated heterocycles. The van der Waals surface area contributed by atoms with Gasteiger partial charge in [0.1, 0.15) is 22.3 Å². The standard InChI is InChI=1S/C27H19BrN2O5S/c1-34-21-10-12-22(13-11-21)36(32,33)35-26-14-9-18(16-24(26)28)15-20(17-29)27(31)30-25-8-4-6-19-5-2-3-7-23(19)25/h2-16H,1H3,(H,30,31)/b20-15+. The molecule has 0 aliphatic heterocycles. The first-order valence-corrected chi connectivity index (χ1v) is 12.8. The fourth-order valence-corrected chi connectivity index (χ4v) is 4.95. The molecular formula is C27H19BrN2O5S. The van der Waals surface area contributed by atoms with Crippen LogP contribution >= 0.6 is 15.9 Å². The van der Waals surface area contributed by atoms with Crippen LogP contribution in [0.1, 0.15) is 5.56 Å². The number of amides is 1. The summed E-state index contributed by atoms with van der Waals surface area (Å²) in [5.74, 6) is 0.0122. The van der Waals surface area contributed by atoms with Gasteiger partial charge in [0.05, 0.1) is 11.6 Å². The number of nitriles is 1. The second kappa shape index (κ2) is 10.6. The zero-order valence-electron chi connectivity index (χ0n) is 18.9. The van der Waals surface area contributed by atoms with Gasteiger partial charge in [-0.1, -0.05) is 42.5 Å². The summed E-state index contributed by atoms with van der Waals surface area (Å²) < 4.78 is 35.9. The molecule has 0 atom stereocenters. The third-order valence-electron chi connectivity index (χ3n) is 5.22. The Bertz CT molecular complexity index is 1620. The minimum absolute atomic E-state index is 0.0314. The predicted molar refractivity (Wildman–Crippen MR) is 141 cm³/mol. The molecule has 9 heteroatoms. The van der Waals surface area contributed by atoms with Gasteiger partial charge in [0.15, 0.2) is 5.75 Å². The van der Waals surface area contributed by atoms with Gasteiger partial charge in [-0.05, 0) is 75.4 Å². The summed E-state index contributed by atoms with van der Waals surface area (Å²) in [7, 11) is -2.60. The molecule has 180 valence electrons. The van der Waals surface area contributed by atoms with E-state index in [1.165, 1.54) is 43.5 Å². The van der Waals surface area contributed by atoms with Crippen LogP contribution in [0.4, 0.5) is 5.69 Å². The van der Waals surface area contributed by atoms with Crippen molar-refractivity contribution in [1.82, 2.24) is 0 Å².